The average Bonchev–Trinajstić information content (AvgIpc) is 2.18. The molecule has 70 valence electrons. The Hall–Kier alpha value is -1.38. The highest BCUT2D eigenvalue weighted by molar-refractivity contribution is 5.89. The Kier molecular flexibility index (Phi) is 3.43. The summed E-state index contributed by atoms with van der Waals surface area (Å²) >= 11 is 0. The van der Waals surface area contributed by atoms with E-state index in [9.17, 15) is 4.79 Å². The first-order valence-corrected chi connectivity index (χ1v) is 4.52. The van der Waals surface area contributed by atoms with Gasteiger partial charge in [-0.2, -0.15) is 0 Å². The molecular formula is C10H14N2O. The molecule has 1 heterocycles. The fraction of sp³-hybridized carbons (Fsp3) is 0.400. The van der Waals surface area contributed by atoms with E-state index in [1.165, 1.54) is 0 Å². The minimum Gasteiger partial charge on any atom is -0.311 e. The first-order valence-electron chi connectivity index (χ1n) is 4.52. The van der Waals surface area contributed by atoms with E-state index in [1.807, 2.05) is 26.0 Å². The van der Waals surface area contributed by atoms with Crippen LogP contribution in [0.5, 0.6) is 0 Å². The van der Waals surface area contributed by atoms with Crippen molar-refractivity contribution in [2.75, 3.05) is 5.32 Å². The molecule has 3 nitrogen and oxygen atoms in total. The predicted octanol–water partition coefficient (Wildman–Crippen LogP) is 1.99. The van der Waals surface area contributed by atoms with Crippen LogP contribution in [0.2, 0.25) is 0 Å². The number of rotatable bonds is 3. The Morgan fingerprint density at radius 2 is 2.23 bits per heavy atom. The quantitative estimate of drug-likeness (QED) is 0.769. The minimum absolute atomic E-state index is 0.000697. The van der Waals surface area contributed by atoms with E-state index in [0.717, 1.165) is 12.1 Å². The third kappa shape index (κ3) is 2.86. The Morgan fingerprint density at radius 1 is 1.46 bits per heavy atom. The largest absolute Gasteiger partial charge is 0.311 e. The van der Waals surface area contributed by atoms with Crippen LogP contribution >= 0.6 is 0 Å². The van der Waals surface area contributed by atoms with E-state index in [4.69, 9.17) is 0 Å². The van der Waals surface area contributed by atoms with Crippen LogP contribution in [-0.2, 0) is 11.2 Å². The number of amides is 1. The van der Waals surface area contributed by atoms with Gasteiger partial charge in [0.1, 0.15) is 5.82 Å². The maximum absolute atomic E-state index is 11.0. The third-order valence-electron chi connectivity index (χ3n) is 1.76. The van der Waals surface area contributed by atoms with Crippen molar-refractivity contribution in [3.63, 3.8) is 0 Å². The van der Waals surface area contributed by atoms with E-state index in [2.05, 4.69) is 10.3 Å². The number of hydrogen-bond donors (Lipinski definition) is 1. The highest BCUT2D eigenvalue weighted by atomic mass is 16.1. The summed E-state index contributed by atoms with van der Waals surface area (Å²) in [4.78, 5) is 15.3. The van der Waals surface area contributed by atoms with Crippen molar-refractivity contribution in [2.24, 2.45) is 0 Å². The molecule has 0 radical (unpaired) electrons. The molecule has 0 aliphatic heterocycles. The highest BCUT2D eigenvalue weighted by Crippen LogP contribution is 2.05. The van der Waals surface area contributed by atoms with Crippen LogP contribution in [-0.4, -0.2) is 10.9 Å². The fourth-order valence-corrected chi connectivity index (χ4v) is 0.977. The Morgan fingerprint density at radius 3 is 2.85 bits per heavy atom. The van der Waals surface area contributed by atoms with Gasteiger partial charge in [0.2, 0.25) is 5.91 Å². The second-order valence-electron chi connectivity index (χ2n) is 2.77. The zero-order valence-corrected chi connectivity index (χ0v) is 8.00. The molecule has 0 atom stereocenters. The van der Waals surface area contributed by atoms with E-state index in [1.54, 1.807) is 6.07 Å². The lowest BCUT2D eigenvalue weighted by Crippen LogP contribution is -2.11. The van der Waals surface area contributed by atoms with Crippen molar-refractivity contribution in [2.45, 2.75) is 26.7 Å². The van der Waals surface area contributed by atoms with Crippen molar-refractivity contribution in [1.82, 2.24) is 4.98 Å². The summed E-state index contributed by atoms with van der Waals surface area (Å²) < 4.78 is 0. The van der Waals surface area contributed by atoms with E-state index >= 15 is 0 Å². The summed E-state index contributed by atoms with van der Waals surface area (Å²) in [7, 11) is 0. The van der Waals surface area contributed by atoms with Crippen LogP contribution in [0.15, 0.2) is 18.2 Å². The predicted molar refractivity (Wildman–Crippen MR) is 52.5 cm³/mol. The van der Waals surface area contributed by atoms with Crippen LogP contribution in [0.4, 0.5) is 5.82 Å². The molecule has 0 saturated carbocycles. The van der Waals surface area contributed by atoms with Crippen LogP contribution in [0.25, 0.3) is 0 Å². The summed E-state index contributed by atoms with van der Waals surface area (Å²) in [5, 5.41) is 2.72. The Balaban J connectivity index is 2.71. The summed E-state index contributed by atoms with van der Waals surface area (Å²) in [6, 6.07) is 5.64. The van der Waals surface area contributed by atoms with Gasteiger partial charge in [0.15, 0.2) is 0 Å². The first kappa shape index (κ1) is 9.71. The maximum Gasteiger partial charge on any atom is 0.225 e. The molecule has 13 heavy (non-hydrogen) atoms. The van der Waals surface area contributed by atoms with Crippen LogP contribution in [0.3, 0.4) is 0 Å². The molecule has 3 heteroatoms. The Bertz CT molecular complexity index is 297. The molecule has 0 aliphatic rings. The summed E-state index contributed by atoms with van der Waals surface area (Å²) in [5.41, 5.74) is 0.994. The van der Waals surface area contributed by atoms with Gasteiger partial charge in [-0.3, -0.25) is 4.79 Å². The zero-order chi connectivity index (χ0) is 9.68. The molecule has 1 rings (SSSR count). The monoisotopic (exact) mass is 178 g/mol. The second-order valence-corrected chi connectivity index (χ2v) is 2.77. The van der Waals surface area contributed by atoms with Gasteiger partial charge in [-0.25, -0.2) is 4.98 Å². The van der Waals surface area contributed by atoms with Gasteiger partial charge >= 0.3 is 0 Å². The Labute approximate surface area is 78.2 Å². The van der Waals surface area contributed by atoms with E-state index in [0.29, 0.717) is 12.2 Å². The number of hydrogen-bond acceptors (Lipinski definition) is 2. The number of aromatic nitrogens is 1. The SMILES string of the molecule is CCC(=O)Nc1cccc(CC)n1. The number of anilines is 1. The molecule has 1 amide bonds. The van der Waals surface area contributed by atoms with E-state index in [-0.39, 0.29) is 5.91 Å². The van der Waals surface area contributed by atoms with Crippen molar-refractivity contribution in [3.8, 4) is 0 Å². The molecule has 0 aliphatic carbocycles. The first-order chi connectivity index (χ1) is 6.26. The molecule has 0 bridgehead atoms. The second kappa shape index (κ2) is 4.60. The van der Waals surface area contributed by atoms with Crippen molar-refractivity contribution >= 4 is 11.7 Å². The molecule has 0 saturated heterocycles. The third-order valence-corrected chi connectivity index (χ3v) is 1.76. The molecule has 0 unspecified atom stereocenters. The number of nitrogens with zero attached hydrogens (tertiary/aromatic N) is 1. The molecule has 1 N–H and O–H groups in total. The minimum atomic E-state index is 0.000697. The van der Waals surface area contributed by atoms with Gasteiger partial charge in [-0.1, -0.05) is 19.9 Å². The zero-order valence-electron chi connectivity index (χ0n) is 8.00. The van der Waals surface area contributed by atoms with Gasteiger partial charge < -0.3 is 5.32 Å². The van der Waals surface area contributed by atoms with Crippen LogP contribution in [0.1, 0.15) is 26.0 Å². The van der Waals surface area contributed by atoms with E-state index < -0.39 is 0 Å². The van der Waals surface area contributed by atoms with Gasteiger partial charge in [0, 0.05) is 12.1 Å². The highest BCUT2D eigenvalue weighted by Gasteiger charge is 1.99. The van der Waals surface area contributed by atoms with Crippen LogP contribution in [0, 0.1) is 0 Å². The van der Waals surface area contributed by atoms with Gasteiger partial charge in [0.05, 0.1) is 0 Å². The molecular weight excluding hydrogens is 164 g/mol. The number of aryl methyl sites for hydroxylation is 1. The van der Waals surface area contributed by atoms with Crippen molar-refractivity contribution in [1.29, 1.82) is 0 Å². The number of carbonyl (C=O) groups is 1. The summed E-state index contributed by atoms with van der Waals surface area (Å²) in [5.74, 6) is 0.645. The lowest BCUT2D eigenvalue weighted by Gasteiger charge is -2.03. The van der Waals surface area contributed by atoms with Crippen molar-refractivity contribution in [3.05, 3.63) is 23.9 Å². The fourth-order valence-electron chi connectivity index (χ4n) is 0.977. The van der Waals surface area contributed by atoms with Gasteiger partial charge in [-0.05, 0) is 18.6 Å². The van der Waals surface area contributed by atoms with Crippen LogP contribution < -0.4 is 5.32 Å². The summed E-state index contributed by atoms with van der Waals surface area (Å²) in [6.45, 7) is 3.85. The molecule has 0 fully saturated rings. The standard InChI is InChI=1S/C10H14N2O/c1-3-8-6-5-7-9(11-8)12-10(13)4-2/h5-7H,3-4H2,1-2H3,(H,11,12,13). The molecule has 1 aromatic heterocycles. The lowest BCUT2D eigenvalue weighted by molar-refractivity contribution is -0.115. The van der Waals surface area contributed by atoms with Crippen molar-refractivity contribution < 1.29 is 4.79 Å². The number of nitrogens with one attached hydrogen (secondary N) is 1. The van der Waals surface area contributed by atoms with Gasteiger partial charge in [-0.15, -0.1) is 0 Å². The number of pyridine rings is 1. The number of carbonyl (C=O) groups excluding carboxylic acids is 1. The molecule has 0 aromatic carbocycles. The smallest absolute Gasteiger partial charge is 0.225 e. The molecule has 1 aromatic rings. The van der Waals surface area contributed by atoms with Gasteiger partial charge in [0.25, 0.3) is 0 Å². The average molecular weight is 178 g/mol. The lowest BCUT2D eigenvalue weighted by atomic mass is 10.3. The molecule has 0 spiro atoms. The maximum atomic E-state index is 11.0. The topological polar surface area (TPSA) is 42.0 Å². The normalized spacial score (nSPS) is 9.69. The summed E-state index contributed by atoms with van der Waals surface area (Å²) in [6.07, 6.45) is 1.37.